The maximum absolute atomic E-state index is 6.21. The molecule has 2 fully saturated rings. The fraction of sp³-hybridized carbons (Fsp3) is 0.625. The zero-order valence-corrected chi connectivity index (χ0v) is 19.6. The van der Waals surface area contributed by atoms with Crippen LogP contribution in [0, 0.1) is 6.92 Å². The minimum Gasteiger partial charge on any atom is -0.497 e. The van der Waals surface area contributed by atoms with Crippen molar-refractivity contribution in [2.45, 2.75) is 70.1 Å². The van der Waals surface area contributed by atoms with E-state index in [-0.39, 0.29) is 5.60 Å². The van der Waals surface area contributed by atoms with Crippen molar-refractivity contribution in [3.8, 4) is 5.75 Å². The summed E-state index contributed by atoms with van der Waals surface area (Å²) in [4.78, 5) is 4.85. The number of guanidine groups is 1. The Bertz CT molecular complexity index is 902. The molecule has 174 valence electrons. The normalized spacial score (nSPS) is 20.5. The Morgan fingerprint density at radius 3 is 2.72 bits per heavy atom. The van der Waals surface area contributed by atoms with Gasteiger partial charge in [-0.15, -0.1) is 10.2 Å². The number of rotatable bonds is 7. The number of hydrogen-bond donors (Lipinski definition) is 2. The Balaban J connectivity index is 1.39. The zero-order valence-electron chi connectivity index (χ0n) is 19.6. The van der Waals surface area contributed by atoms with Crippen molar-refractivity contribution >= 4 is 5.96 Å². The molecule has 1 unspecified atom stereocenters. The predicted molar refractivity (Wildman–Crippen MR) is 125 cm³/mol. The molecule has 1 saturated carbocycles. The minimum absolute atomic E-state index is 0.0742. The molecule has 0 bridgehead atoms. The Morgan fingerprint density at radius 1 is 1.25 bits per heavy atom. The molecule has 1 aliphatic heterocycles. The van der Waals surface area contributed by atoms with Gasteiger partial charge >= 0.3 is 0 Å². The molecule has 8 heteroatoms. The van der Waals surface area contributed by atoms with Crippen LogP contribution in [-0.4, -0.2) is 52.6 Å². The van der Waals surface area contributed by atoms with Crippen molar-refractivity contribution in [1.29, 1.82) is 0 Å². The van der Waals surface area contributed by atoms with Crippen LogP contribution in [0.3, 0.4) is 0 Å². The number of hydrogen-bond acceptors (Lipinski definition) is 5. The van der Waals surface area contributed by atoms with Gasteiger partial charge in [-0.2, -0.15) is 0 Å². The van der Waals surface area contributed by atoms with Crippen LogP contribution in [0.2, 0.25) is 0 Å². The average molecular weight is 441 g/mol. The van der Waals surface area contributed by atoms with E-state index in [1.807, 2.05) is 30.7 Å². The second kappa shape index (κ2) is 10.3. The first kappa shape index (κ1) is 22.6. The molecule has 1 atom stereocenters. The topological polar surface area (TPSA) is 85.6 Å². The molecule has 2 aliphatic rings. The molecule has 1 spiro atoms. The monoisotopic (exact) mass is 440 g/mol. The third-order valence-corrected chi connectivity index (χ3v) is 6.78. The van der Waals surface area contributed by atoms with E-state index < -0.39 is 0 Å². The first-order valence-corrected chi connectivity index (χ1v) is 11.7. The summed E-state index contributed by atoms with van der Waals surface area (Å²) in [6, 6.07) is 8.59. The van der Waals surface area contributed by atoms with E-state index in [9.17, 15) is 0 Å². The second-order valence-electron chi connectivity index (χ2n) is 8.98. The quantitative estimate of drug-likeness (QED) is 0.509. The predicted octanol–water partition coefficient (Wildman–Crippen LogP) is 2.90. The number of nitrogens with one attached hydrogen (secondary N) is 2. The standard InChI is InChI=1S/C24H36N6O2/c1-18-28-29-22(30(18)2)17-26-23(25-14-10-19-6-8-21(31-3)9-7-19)27-20-11-15-32-24(16-20)12-4-5-13-24/h6-9,20H,4-5,10-17H2,1-3H3,(H2,25,26,27). The summed E-state index contributed by atoms with van der Waals surface area (Å²) in [7, 11) is 3.67. The van der Waals surface area contributed by atoms with Crippen LogP contribution in [0.25, 0.3) is 0 Å². The molecule has 8 nitrogen and oxygen atoms in total. The van der Waals surface area contributed by atoms with E-state index in [1.165, 1.54) is 31.2 Å². The number of benzene rings is 1. The highest BCUT2D eigenvalue weighted by Crippen LogP contribution is 2.39. The number of nitrogens with zero attached hydrogens (tertiary/aromatic N) is 4. The van der Waals surface area contributed by atoms with Gasteiger partial charge in [0.2, 0.25) is 0 Å². The van der Waals surface area contributed by atoms with Gasteiger partial charge in [0.1, 0.15) is 18.1 Å². The molecule has 4 rings (SSSR count). The van der Waals surface area contributed by atoms with E-state index in [2.05, 4.69) is 33.0 Å². The lowest BCUT2D eigenvalue weighted by Crippen LogP contribution is -2.51. The van der Waals surface area contributed by atoms with Gasteiger partial charge in [-0.3, -0.25) is 0 Å². The second-order valence-corrected chi connectivity index (χ2v) is 8.98. The molecule has 1 aromatic carbocycles. The molecule has 2 heterocycles. The maximum Gasteiger partial charge on any atom is 0.191 e. The number of aryl methyl sites for hydroxylation is 1. The molecule has 1 aliphatic carbocycles. The van der Waals surface area contributed by atoms with Gasteiger partial charge in [0.05, 0.1) is 12.7 Å². The van der Waals surface area contributed by atoms with Gasteiger partial charge in [0.25, 0.3) is 0 Å². The Kier molecular flexibility index (Phi) is 7.29. The summed E-state index contributed by atoms with van der Waals surface area (Å²) in [6.07, 6.45) is 7.88. The van der Waals surface area contributed by atoms with Crippen molar-refractivity contribution in [1.82, 2.24) is 25.4 Å². The lowest BCUT2D eigenvalue weighted by Gasteiger charge is -2.39. The van der Waals surface area contributed by atoms with Crippen LogP contribution in [0.4, 0.5) is 0 Å². The summed E-state index contributed by atoms with van der Waals surface area (Å²) in [5, 5.41) is 15.6. The summed E-state index contributed by atoms with van der Waals surface area (Å²) in [6.45, 7) is 4.06. The van der Waals surface area contributed by atoms with Crippen molar-refractivity contribution in [2.24, 2.45) is 12.0 Å². The lowest BCUT2D eigenvalue weighted by atomic mass is 9.89. The Hall–Kier alpha value is -2.61. The number of aliphatic imine (C=N–C) groups is 1. The molecular weight excluding hydrogens is 404 g/mol. The highest BCUT2D eigenvalue weighted by atomic mass is 16.5. The summed E-state index contributed by atoms with van der Waals surface area (Å²) < 4.78 is 13.5. The lowest BCUT2D eigenvalue weighted by molar-refractivity contribution is -0.0815. The van der Waals surface area contributed by atoms with E-state index in [0.29, 0.717) is 12.6 Å². The molecule has 32 heavy (non-hydrogen) atoms. The van der Waals surface area contributed by atoms with Gasteiger partial charge in [-0.1, -0.05) is 25.0 Å². The van der Waals surface area contributed by atoms with Crippen LogP contribution >= 0.6 is 0 Å². The third-order valence-electron chi connectivity index (χ3n) is 6.78. The van der Waals surface area contributed by atoms with E-state index in [0.717, 1.165) is 55.8 Å². The van der Waals surface area contributed by atoms with Crippen LogP contribution in [0.1, 0.15) is 55.7 Å². The van der Waals surface area contributed by atoms with Crippen molar-refractivity contribution in [2.75, 3.05) is 20.3 Å². The summed E-state index contributed by atoms with van der Waals surface area (Å²) in [5.74, 6) is 3.46. The summed E-state index contributed by atoms with van der Waals surface area (Å²) >= 11 is 0. The highest BCUT2D eigenvalue weighted by Gasteiger charge is 2.40. The highest BCUT2D eigenvalue weighted by molar-refractivity contribution is 5.80. The minimum atomic E-state index is 0.0742. The molecule has 2 aromatic rings. The maximum atomic E-state index is 6.21. The third kappa shape index (κ3) is 5.59. The molecule has 1 aromatic heterocycles. The Labute approximate surface area is 190 Å². The van der Waals surface area contributed by atoms with Crippen LogP contribution in [-0.2, 0) is 24.8 Å². The number of methoxy groups -OCH3 is 1. The largest absolute Gasteiger partial charge is 0.497 e. The van der Waals surface area contributed by atoms with E-state index >= 15 is 0 Å². The molecule has 0 radical (unpaired) electrons. The van der Waals surface area contributed by atoms with Crippen molar-refractivity contribution in [3.05, 3.63) is 41.5 Å². The van der Waals surface area contributed by atoms with Gasteiger partial charge < -0.3 is 24.7 Å². The molecular formula is C24H36N6O2. The average Bonchev–Trinajstić information content (AvgIpc) is 3.38. The van der Waals surface area contributed by atoms with Crippen molar-refractivity contribution in [3.63, 3.8) is 0 Å². The zero-order chi connectivity index (χ0) is 22.4. The van der Waals surface area contributed by atoms with E-state index in [4.69, 9.17) is 14.5 Å². The van der Waals surface area contributed by atoms with E-state index in [1.54, 1.807) is 7.11 Å². The molecule has 0 amide bonds. The van der Waals surface area contributed by atoms with Gasteiger partial charge in [-0.25, -0.2) is 4.99 Å². The fourth-order valence-corrected chi connectivity index (χ4v) is 4.72. The van der Waals surface area contributed by atoms with Crippen LogP contribution in [0.15, 0.2) is 29.3 Å². The first-order chi connectivity index (χ1) is 15.6. The SMILES string of the molecule is COc1ccc(CCNC(=NCc2nnc(C)n2C)NC2CCOC3(CCCC3)C2)cc1. The first-order valence-electron chi connectivity index (χ1n) is 11.7. The smallest absolute Gasteiger partial charge is 0.191 e. The summed E-state index contributed by atoms with van der Waals surface area (Å²) in [5.41, 5.74) is 1.34. The number of aromatic nitrogens is 3. The molecule has 2 N–H and O–H groups in total. The molecule has 1 saturated heterocycles. The number of ether oxygens (including phenoxy) is 2. The van der Waals surface area contributed by atoms with Gasteiger partial charge in [0.15, 0.2) is 11.8 Å². The Morgan fingerprint density at radius 2 is 2.03 bits per heavy atom. The van der Waals surface area contributed by atoms with Crippen LogP contribution < -0.4 is 15.4 Å². The fourth-order valence-electron chi connectivity index (χ4n) is 4.72. The van der Waals surface area contributed by atoms with Gasteiger partial charge in [0, 0.05) is 26.2 Å². The van der Waals surface area contributed by atoms with Gasteiger partial charge in [-0.05, 0) is 56.7 Å². The van der Waals surface area contributed by atoms with Crippen molar-refractivity contribution < 1.29 is 9.47 Å². The van der Waals surface area contributed by atoms with Crippen LogP contribution in [0.5, 0.6) is 5.75 Å².